The van der Waals surface area contributed by atoms with Gasteiger partial charge in [0.25, 0.3) is 6.43 Å². The summed E-state index contributed by atoms with van der Waals surface area (Å²) in [5, 5.41) is 5.54. The molecule has 1 amide bonds. The largest absolute Gasteiger partial charge is 0.338 e. The summed E-state index contributed by atoms with van der Waals surface area (Å²) >= 11 is 0. The van der Waals surface area contributed by atoms with Crippen LogP contribution < -0.4 is 15.5 Å². The molecule has 0 aromatic carbocycles. The summed E-state index contributed by atoms with van der Waals surface area (Å²) in [7, 11) is 0. The van der Waals surface area contributed by atoms with Crippen molar-refractivity contribution in [1.29, 1.82) is 0 Å². The first-order valence-corrected chi connectivity index (χ1v) is 7.64. The average Bonchev–Trinajstić information content (AvgIpc) is 2.55. The molecular weight excluding hydrogens is 306 g/mol. The molecule has 2 aliphatic heterocycles. The SMILES string of the molecule is Cc1cnc(N2CCN(C3NC(=O)CC(C(F)F)N3)CC2)nc1. The third kappa shape index (κ3) is 3.73. The number of alkyl halides is 2. The van der Waals surface area contributed by atoms with Gasteiger partial charge in [-0.1, -0.05) is 0 Å². The Morgan fingerprint density at radius 3 is 2.48 bits per heavy atom. The van der Waals surface area contributed by atoms with Crippen LogP contribution in [0.5, 0.6) is 0 Å². The quantitative estimate of drug-likeness (QED) is 0.810. The van der Waals surface area contributed by atoms with Gasteiger partial charge in [0.2, 0.25) is 11.9 Å². The maximum absolute atomic E-state index is 12.9. The molecule has 0 spiro atoms. The number of hydrogen-bond acceptors (Lipinski definition) is 6. The van der Waals surface area contributed by atoms with Crippen molar-refractivity contribution < 1.29 is 13.6 Å². The summed E-state index contributed by atoms with van der Waals surface area (Å²) in [5.41, 5.74) is 1.000. The Balaban J connectivity index is 1.58. The Labute approximate surface area is 133 Å². The van der Waals surface area contributed by atoms with E-state index in [1.165, 1.54) is 0 Å². The average molecular weight is 326 g/mol. The van der Waals surface area contributed by atoms with Crippen LogP contribution in [-0.2, 0) is 4.79 Å². The number of aryl methyl sites for hydroxylation is 1. The second-order valence-electron chi connectivity index (χ2n) is 5.87. The number of carbonyl (C=O) groups is 1. The van der Waals surface area contributed by atoms with Crippen molar-refractivity contribution in [2.75, 3.05) is 31.1 Å². The van der Waals surface area contributed by atoms with E-state index in [1.807, 2.05) is 16.7 Å². The molecule has 7 nitrogen and oxygen atoms in total. The predicted octanol–water partition coefficient (Wildman–Crippen LogP) is -0.0662. The minimum absolute atomic E-state index is 0.189. The molecule has 2 atom stereocenters. The van der Waals surface area contributed by atoms with E-state index < -0.39 is 18.8 Å². The van der Waals surface area contributed by atoms with Gasteiger partial charge >= 0.3 is 0 Å². The predicted molar refractivity (Wildman–Crippen MR) is 80.0 cm³/mol. The van der Waals surface area contributed by atoms with Crippen molar-refractivity contribution >= 4 is 11.9 Å². The molecule has 3 heterocycles. The summed E-state index contributed by atoms with van der Waals surface area (Å²) in [5.74, 6) is 0.324. The lowest BCUT2D eigenvalue weighted by Gasteiger charge is -2.42. The van der Waals surface area contributed by atoms with E-state index in [0.717, 1.165) is 5.56 Å². The fraction of sp³-hybridized carbons (Fsp3) is 0.643. The summed E-state index contributed by atoms with van der Waals surface area (Å²) in [6.45, 7) is 4.54. The van der Waals surface area contributed by atoms with Crippen LogP contribution in [0.2, 0.25) is 0 Å². The lowest BCUT2D eigenvalue weighted by molar-refractivity contribution is -0.129. The first kappa shape index (κ1) is 16.0. The van der Waals surface area contributed by atoms with Gasteiger partial charge in [0.1, 0.15) is 6.29 Å². The number of rotatable bonds is 3. The first-order chi connectivity index (χ1) is 11.0. The minimum atomic E-state index is -2.55. The van der Waals surface area contributed by atoms with Gasteiger partial charge in [0, 0.05) is 45.0 Å². The molecule has 1 aromatic heterocycles. The van der Waals surface area contributed by atoms with Gasteiger partial charge in [-0.25, -0.2) is 18.7 Å². The Morgan fingerprint density at radius 1 is 1.22 bits per heavy atom. The Bertz CT molecular complexity index is 547. The molecular formula is C14H20F2N6O. The zero-order valence-corrected chi connectivity index (χ0v) is 12.9. The Morgan fingerprint density at radius 2 is 1.87 bits per heavy atom. The van der Waals surface area contributed by atoms with E-state index in [2.05, 4.69) is 20.6 Å². The molecule has 126 valence electrons. The van der Waals surface area contributed by atoms with E-state index in [1.54, 1.807) is 12.4 Å². The summed E-state index contributed by atoms with van der Waals surface area (Å²) in [6, 6.07) is -1.09. The summed E-state index contributed by atoms with van der Waals surface area (Å²) in [4.78, 5) is 24.2. The van der Waals surface area contributed by atoms with Crippen molar-refractivity contribution in [2.24, 2.45) is 0 Å². The standard InChI is InChI=1S/C14H20F2N6O/c1-9-7-17-13(18-8-9)21-2-4-22(5-3-21)14-19-10(12(15)16)6-11(23)20-14/h7-8,10,12,14,19H,2-6H2,1H3,(H,20,23). The van der Waals surface area contributed by atoms with Crippen molar-refractivity contribution in [2.45, 2.75) is 32.1 Å². The third-order valence-corrected chi connectivity index (χ3v) is 4.11. The van der Waals surface area contributed by atoms with Crippen molar-refractivity contribution in [3.05, 3.63) is 18.0 Å². The highest BCUT2D eigenvalue weighted by molar-refractivity contribution is 5.77. The molecule has 9 heteroatoms. The van der Waals surface area contributed by atoms with E-state index in [0.29, 0.717) is 32.1 Å². The lowest BCUT2D eigenvalue weighted by Crippen LogP contribution is -2.67. The van der Waals surface area contributed by atoms with Crippen LogP contribution in [0.4, 0.5) is 14.7 Å². The number of nitrogens with one attached hydrogen (secondary N) is 2. The Hall–Kier alpha value is -1.87. The number of halogens is 2. The van der Waals surface area contributed by atoms with E-state index in [9.17, 15) is 13.6 Å². The zero-order chi connectivity index (χ0) is 16.4. The molecule has 0 aliphatic carbocycles. The minimum Gasteiger partial charge on any atom is -0.338 e. The van der Waals surface area contributed by atoms with Gasteiger partial charge in [-0.2, -0.15) is 0 Å². The van der Waals surface area contributed by atoms with Gasteiger partial charge in [0.15, 0.2) is 0 Å². The summed E-state index contributed by atoms with van der Waals surface area (Å²) < 4.78 is 25.7. The second kappa shape index (κ2) is 6.71. The number of aromatic nitrogens is 2. The van der Waals surface area contributed by atoms with Crippen LogP contribution in [-0.4, -0.2) is 65.7 Å². The normalized spacial score (nSPS) is 26.4. The van der Waals surface area contributed by atoms with Crippen LogP contribution in [0, 0.1) is 6.92 Å². The molecule has 2 unspecified atom stereocenters. The van der Waals surface area contributed by atoms with E-state index in [4.69, 9.17) is 0 Å². The number of amides is 1. The zero-order valence-electron chi connectivity index (χ0n) is 12.9. The van der Waals surface area contributed by atoms with Crippen LogP contribution >= 0.6 is 0 Å². The highest BCUT2D eigenvalue weighted by Gasteiger charge is 2.35. The molecule has 2 aliphatic rings. The smallest absolute Gasteiger partial charge is 0.254 e. The topological polar surface area (TPSA) is 73.4 Å². The van der Waals surface area contributed by atoms with Crippen LogP contribution in [0.25, 0.3) is 0 Å². The molecule has 0 radical (unpaired) electrons. The monoisotopic (exact) mass is 326 g/mol. The van der Waals surface area contributed by atoms with Gasteiger partial charge in [-0.15, -0.1) is 0 Å². The Kier molecular flexibility index (Phi) is 4.67. The maximum Gasteiger partial charge on any atom is 0.254 e. The van der Waals surface area contributed by atoms with Crippen LogP contribution in [0.1, 0.15) is 12.0 Å². The molecule has 23 heavy (non-hydrogen) atoms. The number of anilines is 1. The van der Waals surface area contributed by atoms with Crippen molar-refractivity contribution in [1.82, 2.24) is 25.5 Å². The second-order valence-corrected chi connectivity index (χ2v) is 5.87. The van der Waals surface area contributed by atoms with Gasteiger partial charge in [0.05, 0.1) is 6.04 Å². The first-order valence-electron chi connectivity index (χ1n) is 7.64. The molecule has 3 rings (SSSR count). The molecule has 1 aromatic rings. The number of carbonyl (C=O) groups excluding carboxylic acids is 1. The highest BCUT2D eigenvalue weighted by atomic mass is 19.3. The fourth-order valence-electron chi connectivity index (χ4n) is 2.80. The van der Waals surface area contributed by atoms with E-state index >= 15 is 0 Å². The summed E-state index contributed by atoms with van der Waals surface area (Å²) in [6.07, 6.45) is 0.253. The van der Waals surface area contributed by atoms with Crippen LogP contribution in [0.3, 0.4) is 0 Å². The molecule has 2 saturated heterocycles. The number of piperazine rings is 1. The van der Waals surface area contributed by atoms with Gasteiger partial charge < -0.3 is 10.2 Å². The molecule has 2 N–H and O–H groups in total. The number of hydrogen-bond donors (Lipinski definition) is 2. The third-order valence-electron chi connectivity index (χ3n) is 4.11. The van der Waals surface area contributed by atoms with Crippen molar-refractivity contribution in [3.8, 4) is 0 Å². The fourth-order valence-corrected chi connectivity index (χ4v) is 2.80. The highest BCUT2D eigenvalue weighted by Crippen LogP contribution is 2.15. The number of nitrogens with zero attached hydrogens (tertiary/aromatic N) is 4. The molecule has 0 saturated carbocycles. The van der Waals surface area contributed by atoms with Gasteiger partial charge in [-0.3, -0.25) is 15.0 Å². The maximum atomic E-state index is 12.9. The van der Waals surface area contributed by atoms with Crippen molar-refractivity contribution in [3.63, 3.8) is 0 Å². The lowest BCUT2D eigenvalue weighted by atomic mass is 10.1. The van der Waals surface area contributed by atoms with E-state index in [-0.39, 0.29) is 12.3 Å². The molecule has 0 bridgehead atoms. The van der Waals surface area contributed by atoms with Gasteiger partial charge in [-0.05, 0) is 12.5 Å². The van der Waals surface area contributed by atoms with Crippen LogP contribution in [0.15, 0.2) is 12.4 Å². The molecule has 2 fully saturated rings.